The molecule has 4 nitrogen and oxygen atoms in total. The highest BCUT2D eigenvalue weighted by atomic mass is 15.0. The van der Waals surface area contributed by atoms with Gasteiger partial charge in [0.15, 0.2) is 5.82 Å². The molecule has 3 aromatic heterocycles. The number of para-hydroxylation sites is 2. The third kappa shape index (κ3) is 6.11. The van der Waals surface area contributed by atoms with Crippen molar-refractivity contribution in [3.63, 3.8) is 0 Å². The highest BCUT2D eigenvalue weighted by molar-refractivity contribution is 6.24. The number of fused-ring (bicyclic) bond motifs is 9. The Hall–Kier alpha value is -8.73. The van der Waals surface area contributed by atoms with Crippen LogP contribution >= 0.6 is 0 Å². The molecule has 0 N–H and O–H groups in total. The van der Waals surface area contributed by atoms with Crippen LogP contribution in [0.25, 0.3) is 127 Å². The average molecular weight is 827 g/mol. The summed E-state index contributed by atoms with van der Waals surface area (Å²) in [5, 5.41) is 10.8. The highest BCUT2D eigenvalue weighted by Gasteiger charge is 2.22. The summed E-state index contributed by atoms with van der Waals surface area (Å²) in [5.41, 5.74) is 13.5. The van der Waals surface area contributed by atoms with Crippen LogP contribution in [-0.2, 0) is 0 Å². The molecule has 0 aliphatic rings. The topological polar surface area (TPSA) is 43.6 Å². The first-order valence-corrected chi connectivity index (χ1v) is 22.1. The Morgan fingerprint density at radius 3 is 1.58 bits per heavy atom. The lowest BCUT2D eigenvalue weighted by atomic mass is 9.91. The average Bonchev–Trinajstić information content (AvgIpc) is 3.74. The Morgan fingerprint density at radius 1 is 0.323 bits per heavy atom. The molecule has 0 saturated carbocycles. The van der Waals surface area contributed by atoms with Crippen molar-refractivity contribution in [2.24, 2.45) is 0 Å². The molecule has 0 aliphatic heterocycles. The summed E-state index contributed by atoms with van der Waals surface area (Å²) in [6.07, 6.45) is 0. The SMILES string of the molecule is c1ccc(-c2cc(-c3ccccc3)nc(-c3ccc(-n4c5ccccc5c5c(-c6ccc(-c7ccc8ccc9ccccc9c8c7)c7ccccc67)nc6ccccc6c54)cc3)n2)cc1. The molecular formula is C61H38N4. The van der Waals surface area contributed by atoms with Crippen LogP contribution in [0, 0.1) is 0 Å². The number of hydrogen-bond acceptors (Lipinski definition) is 3. The number of nitrogens with zero attached hydrogens (tertiary/aromatic N) is 4. The molecule has 302 valence electrons. The Kier molecular flexibility index (Phi) is 8.50. The predicted octanol–water partition coefficient (Wildman–Crippen LogP) is 15.9. The largest absolute Gasteiger partial charge is 0.308 e. The molecule has 3 heterocycles. The van der Waals surface area contributed by atoms with Crippen molar-refractivity contribution < 1.29 is 0 Å². The molecule has 13 aromatic rings. The minimum atomic E-state index is 0.684. The van der Waals surface area contributed by atoms with Crippen LogP contribution in [0.1, 0.15) is 0 Å². The maximum absolute atomic E-state index is 5.55. The molecule has 0 amide bonds. The van der Waals surface area contributed by atoms with Crippen molar-refractivity contribution in [1.29, 1.82) is 0 Å². The summed E-state index contributed by atoms with van der Waals surface area (Å²) in [6, 6.07) is 82.1. The summed E-state index contributed by atoms with van der Waals surface area (Å²) in [5.74, 6) is 0.684. The van der Waals surface area contributed by atoms with Crippen molar-refractivity contribution in [2.45, 2.75) is 0 Å². The van der Waals surface area contributed by atoms with Crippen molar-refractivity contribution in [1.82, 2.24) is 19.5 Å². The summed E-state index contributed by atoms with van der Waals surface area (Å²) in [6.45, 7) is 0. The number of hydrogen-bond donors (Lipinski definition) is 0. The zero-order chi connectivity index (χ0) is 42.8. The molecule has 0 atom stereocenters. The molecule has 0 saturated heterocycles. The molecule has 10 aromatic carbocycles. The smallest absolute Gasteiger partial charge is 0.160 e. The maximum atomic E-state index is 5.55. The maximum Gasteiger partial charge on any atom is 0.160 e. The first-order chi connectivity index (χ1) is 32.2. The monoisotopic (exact) mass is 826 g/mol. The molecule has 0 aliphatic carbocycles. The zero-order valence-electron chi connectivity index (χ0n) is 35.2. The summed E-state index contributed by atoms with van der Waals surface area (Å²) in [7, 11) is 0. The standard InChI is InChI=1S/C61H38N4/c1-3-16-41(17-4-1)55-38-56(42-18-5-2-6-19-42)64-61(63-55)43-31-33-45(34-32-43)65-57-26-14-12-24-52(57)58-59(62-54-25-13-11-23-51(54)60(58)65)50-36-35-47(48-21-9-10-22-49(48)50)44-30-29-40-28-27-39-15-7-8-20-46(39)53(40)37-44/h1-38H. The third-order valence-corrected chi connectivity index (χ3v) is 13.0. The van der Waals surface area contributed by atoms with Gasteiger partial charge in [-0.25, -0.2) is 15.0 Å². The van der Waals surface area contributed by atoms with E-state index >= 15 is 0 Å². The second-order valence-electron chi connectivity index (χ2n) is 16.7. The molecular weight excluding hydrogens is 789 g/mol. The van der Waals surface area contributed by atoms with E-state index in [1.807, 2.05) is 12.1 Å². The van der Waals surface area contributed by atoms with Gasteiger partial charge in [-0.3, -0.25) is 0 Å². The lowest BCUT2D eigenvalue weighted by Gasteiger charge is -2.15. The van der Waals surface area contributed by atoms with Crippen LogP contribution < -0.4 is 0 Å². The second-order valence-corrected chi connectivity index (χ2v) is 16.7. The molecule has 0 spiro atoms. The van der Waals surface area contributed by atoms with Crippen molar-refractivity contribution in [3.05, 3.63) is 231 Å². The Labute approximate surface area is 375 Å². The summed E-state index contributed by atoms with van der Waals surface area (Å²) in [4.78, 5) is 15.8. The van der Waals surface area contributed by atoms with Gasteiger partial charge in [0, 0.05) is 44.1 Å². The lowest BCUT2D eigenvalue weighted by Crippen LogP contribution is -1.98. The normalized spacial score (nSPS) is 11.7. The van der Waals surface area contributed by atoms with E-state index in [-0.39, 0.29) is 0 Å². The van der Waals surface area contributed by atoms with E-state index in [4.69, 9.17) is 15.0 Å². The van der Waals surface area contributed by atoms with Gasteiger partial charge in [0.1, 0.15) is 0 Å². The van der Waals surface area contributed by atoms with E-state index in [0.29, 0.717) is 5.82 Å². The van der Waals surface area contributed by atoms with Gasteiger partial charge in [-0.05, 0) is 92.0 Å². The number of pyridine rings is 1. The van der Waals surface area contributed by atoms with Crippen LogP contribution in [0.3, 0.4) is 0 Å². The quantitative estimate of drug-likeness (QED) is 0.157. The van der Waals surface area contributed by atoms with Gasteiger partial charge in [-0.1, -0.05) is 182 Å². The van der Waals surface area contributed by atoms with E-state index in [1.165, 1.54) is 43.4 Å². The molecule has 4 heteroatoms. The Morgan fingerprint density at radius 2 is 0.862 bits per heavy atom. The van der Waals surface area contributed by atoms with Crippen LogP contribution in [0.4, 0.5) is 0 Å². The molecule has 0 fully saturated rings. The fourth-order valence-electron chi connectivity index (χ4n) is 9.92. The van der Waals surface area contributed by atoms with Gasteiger partial charge < -0.3 is 4.57 Å². The Balaban J connectivity index is 0.996. The van der Waals surface area contributed by atoms with Crippen molar-refractivity contribution in [2.75, 3.05) is 0 Å². The van der Waals surface area contributed by atoms with Crippen LogP contribution in [0.2, 0.25) is 0 Å². The van der Waals surface area contributed by atoms with Crippen molar-refractivity contribution >= 4 is 65.0 Å². The first-order valence-electron chi connectivity index (χ1n) is 22.1. The fourth-order valence-corrected chi connectivity index (χ4v) is 9.92. The number of aromatic nitrogens is 4. The Bertz CT molecular complexity index is 3930. The van der Waals surface area contributed by atoms with Gasteiger partial charge in [0.05, 0.1) is 33.6 Å². The minimum Gasteiger partial charge on any atom is -0.308 e. The van der Waals surface area contributed by atoms with Crippen LogP contribution in [0.15, 0.2) is 231 Å². The molecule has 65 heavy (non-hydrogen) atoms. The lowest BCUT2D eigenvalue weighted by molar-refractivity contribution is 1.17. The van der Waals surface area contributed by atoms with Gasteiger partial charge in [-0.2, -0.15) is 0 Å². The third-order valence-electron chi connectivity index (χ3n) is 13.0. The summed E-state index contributed by atoms with van der Waals surface area (Å²) >= 11 is 0. The van der Waals surface area contributed by atoms with Gasteiger partial charge in [-0.15, -0.1) is 0 Å². The minimum absolute atomic E-state index is 0.684. The molecule has 13 rings (SSSR count). The predicted molar refractivity (Wildman–Crippen MR) is 271 cm³/mol. The molecule has 0 radical (unpaired) electrons. The van der Waals surface area contributed by atoms with E-state index in [2.05, 4.69) is 223 Å². The van der Waals surface area contributed by atoms with Crippen LogP contribution in [-0.4, -0.2) is 19.5 Å². The zero-order valence-corrected chi connectivity index (χ0v) is 35.2. The number of benzene rings is 10. The fraction of sp³-hybridized carbons (Fsp3) is 0. The van der Waals surface area contributed by atoms with E-state index in [0.717, 1.165) is 77.7 Å². The van der Waals surface area contributed by atoms with Gasteiger partial charge >= 0.3 is 0 Å². The van der Waals surface area contributed by atoms with Gasteiger partial charge in [0.25, 0.3) is 0 Å². The first kappa shape index (κ1) is 36.9. The van der Waals surface area contributed by atoms with E-state index in [1.54, 1.807) is 0 Å². The second kappa shape index (κ2) is 15.0. The van der Waals surface area contributed by atoms with E-state index in [9.17, 15) is 0 Å². The molecule has 0 bridgehead atoms. The number of rotatable bonds is 6. The van der Waals surface area contributed by atoms with Crippen LogP contribution in [0.5, 0.6) is 0 Å². The van der Waals surface area contributed by atoms with Gasteiger partial charge in [0.2, 0.25) is 0 Å². The highest BCUT2D eigenvalue weighted by Crippen LogP contribution is 2.45. The summed E-state index contributed by atoms with van der Waals surface area (Å²) < 4.78 is 2.41. The molecule has 0 unspecified atom stereocenters. The van der Waals surface area contributed by atoms with Crippen molar-refractivity contribution in [3.8, 4) is 62.0 Å². The van der Waals surface area contributed by atoms with E-state index < -0.39 is 0 Å².